The summed E-state index contributed by atoms with van der Waals surface area (Å²) in [5, 5.41) is 8.51. The number of carboxylic acids is 1. The number of aliphatic carboxylic acids is 1. The fraction of sp³-hybridized carbons (Fsp3) is 0.500. The van der Waals surface area contributed by atoms with Crippen LogP contribution in [0.15, 0.2) is 0 Å². The van der Waals surface area contributed by atoms with Gasteiger partial charge in [0.05, 0.1) is 5.92 Å². The fourth-order valence-corrected chi connectivity index (χ4v) is 1.03. The number of hydrogen-bond donors (Lipinski definition) is 2. The van der Waals surface area contributed by atoms with E-state index in [2.05, 4.69) is 11.8 Å². The van der Waals surface area contributed by atoms with Crippen molar-refractivity contribution in [3.8, 4) is 24.7 Å². The van der Waals surface area contributed by atoms with Gasteiger partial charge in [-0.15, -0.1) is 12.8 Å². The van der Waals surface area contributed by atoms with Crippen molar-refractivity contribution in [1.82, 2.24) is 0 Å². The Balaban J connectivity index is 4.06. The van der Waals surface area contributed by atoms with Gasteiger partial charge in [-0.1, -0.05) is 11.8 Å². The molecule has 0 heterocycles. The first-order chi connectivity index (χ1) is 6.13. The molecule has 0 amide bonds. The third-order valence-corrected chi connectivity index (χ3v) is 1.77. The molecular weight excluding hydrogens is 166 g/mol. The van der Waals surface area contributed by atoms with Crippen LogP contribution in [0.5, 0.6) is 0 Å². The largest absolute Gasteiger partial charge is 0.481 e. The third kappa shape index (κ3) is 4.90. The first kappa shape index (κ1) is 11.6. The summed E-state index contributed by atoms with van der Waals surface area (Å²) < 4.78 is 0. The molecule has 0 fully saturated rings. The van der Waals surface area contributed by atoms with E-state index in [-0.39, 0.29) is 18.3 Å². The maximum atomic E-state index is 10.4. The smallest absolute Gasteiger partial charge is 0.303 e. The van der Waals surface area contributed by atoms with Crippen molar-refractivity contribution in [2.24, 2.45) is 17.6 Å². The molecule has 0 aromatic heterocycles. The first-order valence-corrected chi connectivity index (χ1v) is 3.98. The van der Waals surface area contributed by atoms with Crippen molar-refractivity contribution in [2.45, 2.75) is 12.8 Å². The van der Waals surface area contributed by atoms with Crippen LogP contribution in [0.25, 0.3) is 0 Å². The summed E-state index contributed by atoms with van der Waals surface area (Å²) in [4.78, 5) is 10.4. The molecule has 0 rings (SSSR count). The Morgan fingerprint density at radius 3 is 2.31 bits per heavy atom. The molecule has 0 aromatic rings. The molecule has 1 atom stereocenters. The lowest BCUT2D eigenvalue weighted by molar-refractivity contribution is -0.138. The Morgan fingerprint density at radius 1 is 1.46 bits per heavy atom. The summed E-state index contributed by atoms with van der Waals surface area (Å²) in [5.74, 6) is 3.50. The quantitative estimate of drug-likeness (QED) is 0.597. The lowest BCUT2D eigenvalue weighted by atomic mass is 9.93. The molecule has 0 spiro atoms. The number of rotatable bonds is 5. The highest BCUT2D eigenvalue weighted by molar-refractivity contribution is 5.67. The minimum Gasteiger partial charge on any atom is -0.481 e. The summed E-state index contributed by atoms with van der Waals surface area (Å²) in [6, 6.07) is 0. The van der Waals surface area contributed by atoms with Crippen molar-refractivity contribution in [3.05, 3.63) is 0 Å². The number of carboxylic acid groups (broad SMARTS) is 1. The topological polar surface area (TPSA) is 63.3 Å². The van der Waals surface area contributed by atoms with Gasteiger partial charge in [-0.25, -0.2) is 0 Å². The zero-order valence-corrected chi connectivity index (χ0v) is 7.36. The maximum Gasteiger partial charge on any atom is 0.303 e. The molecule has 3 heteroatoms. The minimum absolute atomic E-state index is 0.0242. The monoisotopic (exact) mass is 179 g/mol. The van der Waals surface area contributed by atoms with E-state index in [4.69, 9.17) is 23.7 Å². The standard InChI is InChI=1S/C10H13NO2/c1-3-8(4-2)5-9(7-11)6-10(12)13/h1-2,8-9H,5-7,11H2,(H,12,13)/t9-/m0/s1. The van der Waals surface area contributed by atoms with E-state index in [0.29, 0.717) is 13.0 Å². The number of hydrogen-bond acceptors (Lipinski definition) is 2. The molecule has 0 aromatic carbocycles. The van der Waals surface area contributed by atoms with E-state index >= 15 is 0 Å². The van der Waals surface area contributed by atoms with Crippen LogP contribution in [0.2, 0.25) is 0 Å². The van der Waals surface area contributed by atoms with E-state index in [1.807, 2.05) is 0 Å². The lowest BCUT2D eigenvalue weighted by Crippen LogP contribution is -2.20. The Kier molecular flexibility index (Phi) is 5.43. The van der Waals surface area contributed by atoms with Crippen molar-refractivity contribution < 1.29 is 9.90 Å². The van der Waals surface area contributed by atoms with Gasteiger partial charge >= 0.3 is 5.97 Å². The zero-order chi connectivity index (χ0) is 10.3. The van der Waals surface area contributed by atoms with Gasteiger partial charge in [0.25, 0.3) is 0 Å². The molecule has 70 valence electrons. The second-order valence-corrected chi connectivity index (χ2v) is 2.82. The SMILES string of the molecule is C#CC(C#C)C[C@H](CN)CC(=O)O. The fourth-order valence-electron chi connectivity index (χ4n) is 1.03. The van der Waals surface area contributed by atoms with E-state index in [9.17, 15) is 4.79 Å². The molecule has 3 nitrogen and oxygen atoms in total. The van der Waals surface area contributed by atoms with Crippen LogP contribution in [-0.2, 0) is 4.79 Å². The second kappa shape index (κ2) is 6.11. The Morgan fingerprint density at radius 2 is 2.00 bits per heavy atom. The van der Waals surface area contributed by atoms with Crippen LogP contribution in [0.3, 0.4) is 0 Å². The van der Waals surface area contributed by atoms with E-state index in [0.717, 1.165) is 0 Å². The molecule has 13 heavy (non-hydrogen) atoms. The van der Waals surface area contributed by atoms with Gasteiger partial charge in [0, 0.05) is 6.42 Å². The van der Waals surface area contributed by atoms with Gasteiger partial charge in [-0.3, -0.25) is 4.79 Å². The van der Waals surface area contributed by atoms with Gasteiger partial charge in [0.1, 0.15) is 0 Å². The highest BCUT2D eigenvalue weighted by Gasteiger charge is 2.14. The average Bonchev–Trinajstić information content (AvgIpc) is 2.11. The van der Waals surface area contributed by atoms with Crippen molar-refractivity contribution >= 4 is 5.97 Å². The Bertz CT molecular complexity index is 233. The zero-order valence-electron chi connectivity index (χ0n) is 7.36. The maximum absolute atomic E-state index is 10.4. The molecule has 0 aliphatic heterocycles. The highest BCUT2D eigenvalue weighted by atomic mass is 16.4. The van der Waals surface area contributed by atoms with Gasteiger partial charge in [0.2, 0.25) is 0 Å². The molecule has 0 radical (unpaired) electrons. The molecule has 3 N–H and O–H groups in total. The summed E-state index contributed by atoms with van der Waals surface area (Å²) in [7, 11) is 0. The summed E-state index contributed by atoms with van der Waals surface area (Å²) in [5.41, 5.74) is 5.38. The van der Waals surface area contributed by atoms with Gasteiger partial charge in [-0.05, 0) is 18.9 Å². The van der Waals surface area contributed by atoms with E-state index < -0.39 is 5.97 Å². The van der Waals surface area contributed by atoms with Crippen LogP contribution in [-0.4, -0.2) is 17.6 Å². The van der Waals surface area contributed by atoms with Crippen molar-refractivity contribution in [1.29, 1.82) is 0 Å². The van der Waals surface area contributed by atoms with E-state index in [1.54, 1.807) is 0 Å². The molecule has 0 bridgehead atoms. The van der Waals surface area contributed by atoms with Crippen LogP contribution in [0.1, 0.15) is 12.8 Å². The Hall–Kier alpha value is -1.45. The van der Waals surface area contributed by atoms with Gasteiger partial charge in [0.15, 0.2) is 0 Å². The average molecular weight is 179 g/mol. The van der Waals surface area contributed by atoms with Gasteiger partial charge < -0.3 is 10.8 Å². The predicted molar refractivity (Wildman–Crippen MR) is 50.6 cm³/mol. The third-order valence-electron chi connectivity index (χ3n) is 1.77. The second-order valence-electron chi connectivity index (χ2n) is 2.82. The number of terminal acetylenes is 2. The lowest BCUT2D eigenvalue weighted by Gasteiger charge is -2.12. The van der Waals surface area contributed by atoms with Crippen molar-refractivity contribution in [3.63, 3.8) is 0 Å². The van der Waals surface area contributed by atoms with Crippen LogP contribution in [0, 0.1) is 36.5 Å². The predicted octanol–water partition coefficient (Wildman–Crippen LogP) is 0.309. The minimum atomic E-state index is -0.872. The van der Waals surface area contributed by atoms with Crippen LogP contribution in [0.4, 0.5) is 0 Å². The number of nitrogens with two attached hydrogens (primary N) is 1. The normalized spacial score (nSPS) is 11.7. The molecule has 0 saturated heterocycles. The van der Waals surface area contributed by atoms with Crippen molar-refractivity contribution in [2.75, 3.05) is 6.54 Å². The van der Waals surface area contributed by atoms with Crippen LogP contribution < -0.4 is 5.73 Å². The summed E-state index contributed by atoms with van der Waals surface area (Å²) in [6.45, 7) is 0.298. The van der Waals surface area contributed by atoms with Crippen LogP contribution >= 0.6 is 0 Å². The molecule has 0 saturated carbocycles. The summed E-state index contributed by atoms with van der Waals surface area (Å²) >= 11 is 0. The van der Waals surface area contributed by atoms with Gasteiger partial charge in [-0.2, -0.15) is 0 Å². The molecule has 0 aliphatic carbocycles. The molecular formula is C10H13NO2. The number of carbonyl (C=O) groups is 1. The first-order valence-electron chi connectivity index (χ1n) is 3.98. The Labute approximate surface area is 78.3 Å². The summed E-state index contributed by atoms with van der Waals surface area (Å²) in [6.07, 6.45) is 10.8. The molecule has 0 unspecified atom stereocenters. The molecule has 0 aliphatic rings. The van der Waals surface area contributed by atoms with E-state index in [1.165, 1.54) is 0 Å². The highest BCUT2D eigenvalue weighted by Crippen LogP contribution is 2.13.